The highest BCUT2D eigenvalue weighted by Gasteiger charge is 2.18. The van der Waals surface area contributed by atoms with Crippen LogP contribution in [0.5, 0.6) is 0 Å². The fourth-order valence-electron chi connectivity index (χ4n) is 2.58. The van der Waals surface area contributed by atoms with Crippen LogP contribution in [0.25, 0.3) is 17.1 Å². The Hall–Kier alpha value is -2.58. The fourth-order valence-corrected chi connectivity index (χ4v) is 3.19. The molecule has 3 aromatic rings. The number of benzene rings is 2. The highest BCUT2D eigenvalue weighted by atomic mass is 32.2. The molecule has 0 fully saturated rings. The van der Waals surface area contributed by atoms with Crippen LogP contribution < -0.4 is 0 Å². The van der Waals surface area contributed by atoms with Gasteiger partial charge in [-0.1, -0.05) is 75.0 Å². The van der Waals surface area contributed by atoms with Gasteiger partial charge >= 0.3 is 0 Å². The van der Waals surface area contributed by atoms with Gasteiger partial charge in [-0.15, -0.1) is 10.2 Å². The van der Waals surface area contributed by atoms with Crippen molar-refractivity contribution < 1.29 is 0 Å². The molecule has 4 nitrogen and oxygen atoms in total. The van der Waals surface area contributed by atoms with Crippen LogP contribution in [0.3, 0.4) is 0 Å². The molecular weight excluding hydrogens is 328 g/mol. The van der Waals surface area contributed by atoms with Crippen molar-refractivity contribution in [3.05, 3.63) is 60.2 Å². The third-order valence-corrected chi connectivity index (χ3v) is 4.72. The lowest BCUT2D eigenvalue weighted by Crippen LogP contribution is -2.10. The van der Waals surface area contributed by atoms with Crippen LogP contribution in [0.1, 0.15) is 26.3 Å². The second kappa shape index (κ2) is 7.12. The fraction of sp³-hybridized carbons (Fsp3) is 0.250. The average molecular weight is 348 g/mol. The maximum Gasteiger partial charge on any atom is 0.197 e. The Balaban J connectivity index is 2.07. The first-order valence-electron chi connectivity index (χ1n) is 8.12. The summed E-state index contributed by atoms with van der Waals surface area (Å²) in [7, 11) is 0. The van der Waals surface area contributed by atoms with E-state index in [-0.39, 0.29) is 5.41 Å². The van der Waals surface area contributed by atoms with Crippen molar-refractivity contribution >= 4 is 11.8 Å². The molecule has 0 spiro atoms. The SMILES string of the molecule is CC(C)(C)c1ccc(-c2nnc(SCC#N)n2-c2ccccc2)cc1. The maximum absolute atomic E-state index is 8.89. The molecular formula is C20H20N4S. The standard InChI is InChI=1S/C20H20N4S/c1-20(2,3)16-11-9-15(10-12-16)18-22-23-19(25-14-13-21)24(18)17-7-5-4-6-8-17/h4-12H,14H2,1-3H3. The quantitative estimate of drug-likeness (QED) is 0.633. The number of para-hydroxylation sites is 1. The molecule has 0 radical (unpaired) electrons. The molecule has 0 saturated carbocycles. The van der Waals surface area contributed by atoms with Crippen LogP contribution in [-0.2, 0) is 5.41 Å². The Labute approximate surface area is 152 Å². The third kappa shape index (κ3) is 3.75. The molecule has 0 saturated heterocycles. The highest BCUT2D eigenvalue weighted by molar-refractivity contribution is 7.99. The van der Waals surface area contributed by atoms with Crippen LogP contribution in [0.4, 0.5) is 0 Å². The van der Waals surface area contributed by atoms with Crippen LogP contribution in [0.15, 0.2) is 59.8 Å². The number of hydrogen-bond donors (Lipinski definition) is 0. The van der Waals surface area contributed by atoms with Gasteiger partial charge in [-0.2, -0.15) is 5.26 Å². The van der Waals surface area contributed by atoms with Gasteiger partial charge in [-0.25, -0.2) is 0 Å². The second-order valence-electron chi connectivity index (χ2n) is 6.75. The molecule has 2 aromatic carbocycles. The zero-order valence-electron chi connectivity index (χ0n) is 14.6. The Morgan fingerprint density at radius 3 is 2.28 bits per heavy atom. The van der Waals surface area contributed by atoms with Crippen molar-refractivity contribution in [3.63, 3.8) is 0 Å². The molecule has 0 aliphatic carbocycles. The first-order chi connectivity index (χ1) is 12.0. The molecule has 1 heterocycles. The van der Waals surface area contributed by atoms with Crippen molar-refractivity contribution in [2.45, 2.75) is 31.3 Å². The van der Waals surface area contributed by atoms with Crippen molar-refractivity contribution in [1.29, 1.82) is 5.26 Å². The Bertz CT molecular complexity index is 884. The van der Waals surface area contributed by atoms with Gasteiger partial charge in [-0.05, 0) is 23.1 Å². The van der Waals surface area contributed by atoms with Gasteiger partial charge in [0.15, 0.2) is 11.0 Å². The largest absolute Gasteiger partial charge is 0.270 e. The molecule has 0 bridgehead atoms. The molecule has 0 aliphatic heterocycles. The summed E-state index contributed by atoms with van der Waals surface area (Å²) in [5.41, 5.74) is 3.39. The summed E-state index contributed by atoms with van der Waals surface area (Å²) in [5.74, 6) is 1.13. The van der Waals surface area contributed by atoms with Crippen LogP contribution in [0.2, 0.25) is 0 Å². The van der Waals surface area contributed by atoms with E-state index in [1.165, 1.54) is 17.3 Å². The van der Waals surface area contributed by atoms with Crippen LogP contribution >= 0.6 is 11.8 Å². The van der Waals surface area contributed by atoms with E-state index in [1.807, 2.05) is 34.9 Å². The normalized spacial score (nSPS) is 11.3. The first kappa shape index (κ1) is 17.2. The van der Waals surface area contributed by atoms with E-state index in [2.05, 4.69) is 61.3 Å². The van der Waals surface area contributed by atoms with E-state index in [4.69, 9.17) is 5.26 Å². The topological polar surface area (TPSA) is 54.5 Å². The van der Waals surface area contributed by atoms with Gasteiger partial charge in [0.25, 0.3) is 0 Å². The lowest BCUT2D eigenvalue weighted by Gasteiger charge is -2.19. The number of aromatic nitrogens is 3. The van der Waals surface area contributed by atoms with Crippen molar-refractivity contribution in [2.75, 3.05) is 5.75 Å². The van der Waals surface area contributed by atoms with Gasteiger partial charge < -0.3 is 0 Å². The molecule has 1 aromatic heterocycles. The lowest BCUT2D eigenvalue weighted by atomic mass is 9.87. The number of rotatable bonds is 4. The van der Waals surface area contributed by atoms with Crippen molar-refractivity contribution in [1.82, 2.24) is 14.8 Å². The Morgan fingerprint density at radius 2 is 1.68 bits per heavy atom. The summed E-state index contributed by atoms with van der Waals surface area (Å²) >= 11 is 1.39. The Morgan fingerprint density at radius 1 is 1.00 bits per heavy atom. The summed E-state index contributed by atoms with van der Waals surface area (Å²) in [6, 6.07) is 20.6. The molecule has 0 unspecified atom stereocenters. The minimum absolute atomic E-state index is 0.111. The summed E-state index contributed by atoms with van der Waals surface area (Å²) in [6.07, 6.45) is 0. The first-order valence-corrected chi connectivity index (χ1v) is 9.11. The van der Waals surface area contributed by atoms with Crippen LogP contribution in [0, 0.1) is 11.3 Å². The van der Waals surface area contributed by atoms with E-state index < -0.39 is 0 Å². The van der Waals surface area contributed by atoms with Gasteiger partial charge in [0.2, 0.25) is 0 Å². The molecule has 0 atom stereocenters. The average Bonchev–Trinajstić information content (AvgIpc) is 3.04. The molecule has 3 rings (SSSR count). The smallest absolute Gasteiger partial charge is 0.197 e. The van der Waals surface area contributed by atoms with Crippen molar-refractivity contribution in [2.24, 2.45) is 0 Å². The zero-order valence-corrected chi connectivity index (χ0v) is 15.4. The number of hydrogen-bond acceptors (Lipinski definition) is 4. The van der Waals surface area contributed by atoms with Crippen LogP contribution in [-0.4, -0.2) is 20.5 Å². The minimum Gasteiger partial charge on any atom is -0.270 e. The summed E-state index contributed by atoms with van der Waals surface area (Å²) < 4.78 is 2.01. The number of thioether (sulfide) groups is 1. The molecule has 5 heteroatoms. The highest BCUT2D eigenvalue weighted by Crippen LogP contribution is 2.29. The summed E-state index contributed by atoms with van der Waals surface area (Å²) in [5, 5.41) is 18.3. The second-order valence-corrected chi connectivity index (χ2v) is 7.69. The van der Waals surface area contributed by atoms with E-state index in [0.29, 0.717) is 5.75 Å². The van der Waals surface area contributed by atoms with E-state index in [0.717, 1.165) is 22.2 Å². The monoisotopic (exact) mass is 348 g/mol. The maximum atomic E-state index is 8.89. The lowest BCUT2D eigenvalue weighted by molar-refractivity contribution is 0.590. The van der Waals surface area contributed by atoms with Gasteiger partial charge in [0.1, 0.15) is 0 Å². The minimum atomic E-state index is 0.111. The van der Waals surface area contributed by atoms with Gasteiger partial charge in [0.05, 0.1) is 11.8 Å². The Kier molecular flexibility index (Phi) is 4.91. The molecule has 25 heavy (non-hydrogen) atoms. The van der Waals surface area contributed by atoms with Gasteiger partial charge in [-0.3, -0.25) is 4.57 Å². The molecule has 0 aliphatic rings. The predicted molar refractivity (Wildman–Crippen MR) is 102 cm³/mol. The third-order valence-electron chi connectivity index (χ3n) is 3.92. The van der Waals surface area contributed by atoms with E-state index >= 15 is 0 Å². The van der Waals surface area contributed by atoms with E-state index in [9.17, 15) is 0 Å². The summed E-state index contributed by atoms with van der Waals surface area (Å²) in [6.45, 7) is 6.60. The molecule has 126 valence electrons. The number of nitriles is 1. The number of nitrogens with zero attached hydrogens (tertiary/aromatic N) is 4. The molecule has 0 N–H and O–H groups in total. The van der Waals surface area contributed by atoms with Gasteiger partial charge in [0, 0.05) is 11.3 Å². The van der Waals surface area contributed by atoms with E-state index in [1.54, 1.807) is 0 Å². The summed E-state index contributed by atoms with van der Waals surface area (Å²) in [4.78, 5) is 0. The molecule has 0 amide bonds. The zero-order chi connectivity index (χ0) is 17.9. The predicted octanol–water partition coefficient (Wildman–Crippen LogP) is 4.85. The van der Waals surface area contributed by atoms with Crippen molar-refractivity contribution in [3.8, 4) is 23.1 Å².